The molecule has 0 saturated carbocycles. The van der Waals surface area contributed by atoms with Gasteiger partial charge in [-0.2, -0.15) is 0 Å². The van der Waals surface area contributed by atoms with Crippen molar-refractivity contribution >= 4 is 45.2 Å². The van der Waals surface area contributed by atoms with Gasteiger partial charge in [-0.25, -0.2) is 0 Å². The quantitative estimate of drug-likeness (QED) is 0.189. The van der Waals surface area contributed by atoms with Crippen LogP contribution in [0.15, 0.2) is 66.7 Å². The van der Waals surface area contributed by atoms with Crippen molar-refractivity contribution in [2.75, 3.05) is 7.11 Å². The number of hydrogen-bond acceptors (Lipinski definition) is 3. The topological polar surface area (TPSA) is 49.7 Å². The van der Waals surface area contributed by atoms with Crippen LogP contribution >= 0.6 is 45.2 Å². The summed E-state index contributed by atoms with van der Waals surface area (Å²) in [6, 6.07) is 22.8. The van der Waals surface area contributed by atoms with Crippen molar-refractivity contribution in [3.05, 3.63) is 118 Å². The Morgan fingerprint density at radius 1 is 0.588 bits per heavy atom. The fraction of sp³-hybridized carbons (Fsp3) is 0.172. The van der Waals surface area contributed by atoms with Crippen molar-refractivity contribution in [2.24, 2.45) is 0 Å². The Morgan fingerprint density at radius 2 is 1.00 bits per heavy atom. The molecule has 2 N–H and O–H groups in total. The summed E-state index contributed by atoms with van der Waals surface area (Å²) in [6.45, 7) is 0. The number of para-hydroxylation sites is 1. The van der Waals surface area contributed by atoms with E-state index in [1.807, 2.05) is 30.3 Å². The first kappa shape index (κ1) is 23.5. The van der Waals surface area contributed by atoms with Crippen LogP contribution < -0.4 is 4.74 Å². The molecule has 0 fully saturated rings. The predicted molar refractivity (Wildman–Crippen MR) is 152 cm³/mol. The molecule has 0 radical (unpaired) electrons. The zero-order chi connectivity index (χ0) is 23.8. The number of rotatable bonds is 1. The number of methoxy groups -OCH3 is 1. The third-order valence-corrected chi connectivity index (χ3v) is 7.64. The van der Waals surface area contributed by atoms with E-state index in [9.17, 15) is 10.2 Å². The van der Waals surface area contributed by atoms with Crippen molar-refractivity contribution in [2.45, 2.75) is 25.7 Å². The minimum atomic E-state index is 0.350. The highest BCUT2D eigenvalue weighted by molar-refractivity contribution is 14.1. The molecule has 0 aromatic heterocycles. The molecule has 0 spiro atoms. The summed E-state index contributed by atoms with van der Waals surface area (Å²) in [7, 11) is 1.69. The second-order valence-corrected chi connectivity index (χ2v) is 11.3. The standard InChI is InChI=1S/C29H24I2O3/c1-34-29-19-6-3-7-20(29)12-24-16-26(31)14-22(28(24)33)10-18-5-2-4-17(8-18)9-21-13-25(30)15-23(11-19)27(21)32/h2-8,13-16,32-33H,9-12H2,1H3. The Kier molecular flexibility index (Phi) is 6.75. The van der Waals surface area contributed by atoms with Gasteiger partial charge in [0.15, 0.2) is 0 Å². The van der Waals surface area contributed by atoms with E-state index >= 15 is 0 Å². The average molecular weight is 674 g/mol. The van der Waals surface area contributed by atoms with Crippen molar-refractivity contribution in [1.82, 2.24) is 0 Å². The molecule has 5 rings (SSSR count). The molecule has 3 nitrogen and oxygen atoms in total. The van der Waals surface area contributed by atoms with E-state index in [1.54, 1.807) is 7.11 Å². The summed E-state index contributed by atoms with van der Waals surface area (Å²) in [5, 5.41) is 22.4. The highest BCUT2D eigenvalue weighted by atomic mass is 127. The molecule has 0 heterocycles. The number of phenols is 2. The van der Waals surface area contributed by atoms with Gasteiger partial charge < -0.3 is 14.9 Å². The van der Waals surface area contributed by atoms with Gasteiger partial charge in [0, 0.05) is 32.8 Å². The molecule has 1 aliphatic rings. The van der Waals surface area contributed by atoms with E-state index in [4.69, 9.17) is 4.74 Å². The Balaban J connectivity index is 1.73. The van der Waals surface area contributed by atoms with Gasteiger partial charge in [0.1, 0.15) is 17.2 Å². The molecule has 172 valence electrons. The molecule has 5 heteroatoms. The molecule has 0 unspecified atom stereocenters. The van der Waals surface area contributed by atoms with Crippen LogP contribution in [-0.4, -0.2) is 17.3 Å². The number of fused-ring (bicyclic) bond motifs is 8. The molecule has 4 aromatic carbocycles. The number of aromatic hydroxyl groups is 2. The molecule has 8 bridgehead atoms. The second-order valence-electron chi connectivity index (χ2n) is 8.78. The summed E-state index contributed by atoms with van der Waals surface area (Å²) in [6.07, 6.45) is 2.42. The van der Waals surface area contributed by atoms with Crippen molar-refractivity contribution in [1.29, 1.82) is 0 Å². The Morgan fingerprint density at radius 3 is 1.44 bits per heavy atom. The van der Waals surface area contributed by atoms with E-state index in [1.165, 1.54) is 0 Å². The van der Waals surface area contributed by atoms with Crippen LogP contribution in [0.25, 0.3) is 0 Å². The molecule has 34 heavy (non-hydrogen) atoms. The van der Waals surface area contributed by atoms with Gasteiger partial charge in [0.2, 0.25) is 0 Å². The average Bonchev–Trinajstić information content (AvgIpc) is 2.80. The predicted octanol–water partition coefficient (Wildman–Crippen LogP) is 6.99. The van der Waals surface area contributed by atoms with E-state index in [2.05, 4.69) is 81.6 Å². The Hall–Kier alpha value is -2.26. The van der Waals surface area contributed by atoms with E-state index in [0.717, 1.165) is 57.4 Å². The smallest absolute Gasteiger partial charge is 0.125 e. The zero-order valence-electron chi connectivity index (χ0n) is 18.7. The molecule has 1 aliphatic carbocycles. The molecule has 0 amide bonds. The molecular weight excluding hydrogens is 650 g/mol. The summed E-state index contributed by atoms with van der Waals surface area (Å²) < 4.78 is 8.07. The lowest BCUT2D eigenvalue weighted by molar-refractivity contribution is 0.405. The van der Waals surface area contributed by atoms with Gasteiger partial charge in [0.05, 0.1) is 7.11 Å². The van der Waals surface area contributed by atoms with Gasteiger partial charge in [-0.1, -0.05) is 42.5 Å². The molecule has 0 atom stereocenters. The number of ether oxygens (including phenoxy) is 1. The third kappa shape index (κ3) is 4.77. The maximum absolute atomic E-state index is 11.2. The highest BCUT2D eigenvalue weighted by Crippen LogP contribution is 2.36. The summed E-state index contributed by atoms with van der Waals surface area (Å²) >= 11 is 4.65. The van der Waals surface area contributed by atoms with Crippen LogP contribution in [0.5, 0.6) is 17.2 Å². The largest absolute Gasteiger partial charge is 0.507 e. The lowest BCUT2D eigenvalue weighted by Gasteiger charge is -2.18. The zero-order valence-corrected chi connectivity index (χ0v) is 23.1. The normalized spacial score (nSPS) is 12.9. The van der Waals surface area contributed by atoms with Crippen LogP contribution in [0.1, 0.15) is 44.5 Å². The lowest BCUT2D eigenvalue weighted by atomic mass is 9.92. The van der Waals surface area contributed by atoms with Crippen LogP contribution in [0.3, 0.4) is 0 Å². The van der Waals surface area contributed by atoms with E-state index in [-0.39, 0.29) is 0 Å². The second kappa shape index (κ2) is 9.77. The van der Waals surface area contributed by atoms with Crippen molar-refractivity contribution in [3.8, 4) is 17.2 Å². The van der Waals surface area contributed by atoms with E-state index in [0.29, 0.717) is 37.2 Å². The first-order valence-electron chi connectivity index (χ1n) is 11.1. The van der Waals surface area contributed by atoms with Crippen molar-refractivity contribution < 1.29 is 14.9 Å². The minimum absolute atomic E-state index is 0.350. The van der Waals surface area contributed by atoms with Crippen LogP contribution in [-0.2, 0) is 25.7 Å². The van der Waals surface area contributed by atoms with Gasteiger partial charge >= 0.3 is 0 Å². The molecule has 0 saturated heterocycles. The summed E-state index contributed by atoms with van der Waals surface area (Å²) in [5.74, 6) is 1.50. The molecule has 4 aromatic rings. The minimum Gasteiger partial charge on any atom is -0.507 e. The number of benzene rings is 4. The fourth-order valence-corrected chi connectivity index (χ4v) is 6.36. The van der Waals surface area contributed by atoms with Crippen LogP contribution in [0.4, 0.5) is 0 Å². The summed E-state index contributed by atoms with van der Waals surface area (Å²) in [4.78, 5) is 0. The number of hydrogen-bond donors (Lipinski definition) is 2. The van der Waals surface area contributed by atoms with Crippen LogP contribution in [0.2, 0.25) is 0 Å². The third-order valence-electron chi connectivity index (χ3n) is 6.39. The highest BCUT2D eigenvalue weighted by Gasteiger charge is 2.18. The fourth-order valence-electron chi connectivity index (χ4n) is 4.85. The first-order chi connectivity index (χ1) is 16.4. The van der Waals surface area contributed by atoms with Gasteiger partial charge in [-0.15, -0.1) is 0 Å². The van der Waals surface area contributed by atoms with Gasteiger partial charge in [-0.3, -0.25) is 0 Å². The van der Waals surface area contributed by atoms with Gasteiger partial charge in [0.25, 0.3) is 0 Å². The maximum Gasteiger partial charge on any atom is 0.125 e. The summed E-state index contributed by atoms with van der Waals surface area (Å²) in [5.41, 5.74) is 7.92. The molecule has 0 aliphatic heterocycles. The monoisotopic (exact) mass is 674 g/mol. The maximum atomic E-state index is 11.2. The lowest BCUT2D eigenvalue weighted by Crippen LogP contribution is -2.03. The Labute approximate surface area is 227 Å². The SMILES string of the molecule is COc1c2cccc1Cc1cc(I)cc(c1O)Cc1cccc(c1)Cc1cc(I)cc(c1O)C2. The van der Waals surface area contributed by atoms with Crippen molar-refractivity contribution in [3.63, 3.8) is 0 Å². The van der Waals surface area contributed by atoms with Crippen LogP contribution in [0, 0.1) is 7.14 Å². The Bertz CT molecular complexity index is 1300. The number of phenolic OH excluding ortho intramolecular Hbond substituents is 2. The van der Waals surface area contributed by atoms with E-state index < -0.39 is 0 Å². The first-order valence-corrected chi connectivity index (χ1v) is 13.3. The molecular formula is C29H24I2O3. The van der Waals surface area contributed by atoms with Gasteiger partial charge in [-0.05, 0) is 114 Å². The number of halogens is 2.